The van der Waals surface area contributed by atoms with Crippen molar-refractivity contribution in [3.05, 3.63) is 83.9 Å². The summed E-state index contributed by atoms with van der Waals surface area (Å²) in [7, 11) is 4.15. The van der Waals surface area contributed by atoms with Crippen LogP contribution in [0, 0.1) is 0 Å². The number of benzene rings is 3. The van der Waals surface area contributed by atoms with E-state index in [0.29, 0.717) is 0 Å². The molecule has 0 aliphatic rings. The lowest BCUT2D eigenvalue weighted by Gasteiger charge is -2.28. The Labute approximate surface area is 183 Å². The molecule has 0 bridgehead atoms. The molecule has 3 aromatic rings. The third-order valence-electron chi connectivity index (χ3n) is 5.61. The minimum Gasteiger partial charge on any atom is -0.378 e. The van der Waals surface area contributed by atoms with Gasteiger partial charge in [0.1, 0.15) is 0 Å². The highest BCUT2D eigenvalue weighted by Gasteiger charge is 2.18. The fraction of sp³-hybridized carbons (Fsp3) is 0.357. The molecule has 0 aromatic heterocycles. The molecule has 0 heterocycles. The van der Waals surface area contributed by atoms with Crippen LogP contribution < -0.4 is 9.80 Å². The van der Waals surface area contributed by atoms with Crippen LogP contribution in [0.5, 0.6) is 0 Å². The van der Waals surface area contributed by atoms with Crippen molar-refractivity contribution in [2.75, 3.05) is 23.9 Å². The molecule has 0 unspecified atom stereocenters. The first-order valence-electron chi connectivity index (χ1n) is 10.8. The maximum Gasteiger partial charge on any atom is 0.0463 e. The first kappa shape index (κ1) is 22.0. The lowest BCUT2D eigenvalue weighted by Crippen LogP contribution is -2.14. The van der Waals surface area contributed by atoms with Crippen molar-refractivity contribution in [2.24, 2.45) is 0 Å². The van der Waals surface area contributed by atoms with Crippen LogP contribution in [-0.4, -0.2) is 14.1 Å². The molecule has 0 aliphatic carbocycles. The Kier molecular flexibility index (Phi) is 5.99. The molecule has 30 heavy (non-hydrogen) atoms. The van der Waals surface area contributed by atoms with E-state index in [1.165, 1.54) is 28.2 Å². The first-order chi connectivity index (χ1) is 14.0. The van der Waals surface area contributed by atoms with E-state index in [4.69, 9.17) is 0 Å². The van der Waals surface area contributed by atoms with Gasteiger partial charge >= 0.3 is 0 Å². The van der Waals surface area contributed by atoms with E-state index >= 15 is 0 Å². The third-order valence-corrected chi connectivity index (χ3v) is 5.61. The van der Waals surface area contributed by atoms with Crippen molar-refractivity contribution in [1.29, 1.82) is 0 Å². The van der Waals surface area contributed by atoms with Crippen LogP contribution in [0.4, 0.5) is 22.7 Å². The number of hydrogen-bond acceptors (Lipinski definition) is 2. The SMILES string of the molecule is CN(C)c1ccc(N(c2ccc(C(C)(C)C)cc2)c2ccc(C(C)(C)C)cc2)cc1. The van der Waals surface area contributed by atoms with Crippen LogP contribution in [0.25, 0.3) is 0 Å². The van der Waals surface area contributed by atoms with Crippen LogP contribution in [0.3, 0.4) is 0 Å². The Morgan fingerprint density at radius 3 is 0.967 bits per heavy atom. The fourth-order valence-corrected chi connectivity index (χ4v) is 3.57. The van der Waals surface area contributed by atoms with Gasteiger partial charge in [-0.3, -0.25) is 0 Å². The smallest absolute Gasteiger partial charge is 0.0463 e. The molecule has 158 valence electrons. The molecule has 2 nitrogen and oxygen atoms in total. The van der Waals surface area contributed by atoms with Gasteiger partial charge in [-0.25, -0.2) is 0 Å². The number of nitrogens with zero attached hydrogens (tertiary/aromatic N) is 2. The molecule has 2 heteroatoms. The third kappa shape index (κ3) is 4.87. The van der Waals surface area contributed by atoms with Crippen molar-refractivity contribution in [2.45, 2.75) is 52.4 Å². The van der Waals surface area contributed by atoms with E-state index in [1.807, 2.05) is 0 Å². The number of rotatable bonds is 4. The lowest BCUT2D eigenvalue weighted by molar-refractivity contribution is 0.590. The zero-order chi connectivity index (χ0) is 22.1. The van der Waals surface area contributed by atoms with E-state index in [-0.39, 0.29) is 10.8 Å². The van der Waals surface area contributed by atoms with Crippen molar-refractivity contribution >= 4 is 22.7 Å². The zero-order valence-electron chi connectivity index (χ0n) is 19.8. The Bertz CT molecular complexity index is 894. The second-order valence-corrected chi connectivity index (χ2v) is 10.3. The summed E-state index contributed by atoms with van der Waals surface area (Å²) in [5.41, 5.74) is 7.68. The minimum atomic E-state index is 0.144. The molecule has 0 spiro atoms. The quantitative estimate of drug-likeness (QED) is 0.440. The van der Waals surface area contributed by atoms with Gasteiger partial charge in [0, 0.05) is 36.8 Å². The first-order valence-corrected chi connectivity index (χ1v) is 10.8. The van der Waals surface area contributed by atoms with Crippen molar-refractivity contribution < 1.29 is 0 Å². The molecule has 0 aliphatic heterocycles. The fourth-order valence-electron chi connectivity index (χ4n) is 3.57. The Hall–Kier alpha value is -2.74. The Morgan fingerprint density at radius 2 is 0.700 bits per heavy atom. The average Bonchev–Trinajstić information content (AvgIpc) is 2.68. The lowest BCUT2D eigenvalue weighted by atomic mass is 9.86. The van der Waals surface area contributed by atoms with E-state index in [9.17, 15) is 0 Å². The standard InChI is InChI=1S/C28H36N2/c1-27(2,3)21-9-13-24(14-10-21)30(26-19-17-23(18-20-26)29(7)8)25-15-11-22(12-16-25)28(4,5)6/h9-20H,1-8H3. The van der Waals surface area contributed by atoms with Crippen LogP contribution in [-0.2, 0) is 10.8 Å². The average molecular weight is 401 g/mol. The summed E-state index contributed by atoms with van der Waals surface area (Å²) in [6, 6.07) is 26.7. The van der Waals surface area contributed by atoms with Crippen LogP contribution in [0.15, 0.2) is 72.8 Å². The van der Waals surface area contributed by atoms with Gasteiger partial charge in [0.25, 0.3) is 0 Å². The summed E-state index contributed by atoms with van der Waals surface area (Å²) >= 11 is 0. The van der Waals surface area contributed by atoms with E-state index < -0.39 is 0 Å². The highest BCUT2D eigenvalue weighted by molar-refractivity contribution is 5.77. The number of hydrogen-bond donors (Lipinski definition) is 0. The van der Waals surface area contributed by atoms with Crippen LogP contribution in [0.2, 0.25) is 0 Å². The van der Waals surface area contributed by atoms with E-state index in [1.54, 1.807) is 0 Å². The van der Waals surface area contributed by atoms with Gasteiger partial charge < -0.3 is 9.80 Å². The van der Waals surface area contributed by atoms with E-state index in [0.717, 1.165) is 5.69 Å². The molecule has 0 saturated carbocycles. The summed E-state index contributed by atoms with van der Waals surface area (Å²) in [6.07, 6.45) is 0. The summed E-state index contributed by atoms with van der Waals surface area (Å²) < 4.78 is 0. The molecular weight excluding hydrogens is 364 g/mol. The zero-order valence-corrected chi connectivity index (χ0v) is 19.8. The van der Waals surface area contributed by atoms with Crippen molar-refractivity contribution in [1.82, 2.24) is 0 Å². The molecule has 0 N–H and O–H groups in total. The van der Waals surface area contributed by atoms with E-state index in [2.05, 4.69) is 138 Å². The summed E-state index contributed by atoms with van der Waals surface area (Å²) in [5.74, 6) is 0. The second kappa shape index (κ2) is 8.18. The van der Waals surface area contributed by atoms with Crippen LogP contribution >= 0.6 is 0 Å². The van der Waals surface area contributed by atoms with Gasteiger partial charge in [0.05, 0.1) is 0 Å². The second-order valence-electron chi connectivity index (χ2n) is 10.3. The molecule has 0 fully saturated rings. The Balaban J connectivity index is 2.07. The van der Waals surface area contributed by atoms with Gasteiger partial charge in [-0.1, -0.05) is 65.8 Å². The molecule has 0 saturated heterocycles. The summed E-state index contributed by atoms with van der Waals surface area (Å²) in [4.78, 5) is 4.46. The van der Waals surface area contributed by atoms with Gasteiger partial charge in [-0.05, 0) is 70.5 Å². The maximum absolute atomic E-state index is 2.33. The van der Waals surface area contributed by atoms with Gasteiger partial charge in [0.15, 0.2) is 0 Å². The molecule has 0 atom stereocenters. The van der Waals surface area contributed by atoms with Crippen molar-refractivity contribution in [3.63, 3.8) is 0 Å². The summed E-state index contributed by atoms with van der Waals surface area (Å²) in [5, 5.41) is 0. The maximum atomic E-state index is 2.33. The highest BCUT2D eigenvalue weighted by atomic mass is 15.1. The molecular formula is C28H36N2. The molecule has 0 amide bonds. The Morgan fingerprint density at radius 1 is 0.433 bits per heavy atom. The predicted octanol–water partition coefficient (Wildman–Crippen LogP) is 7.82. The monoisotopic (exact) mass is 400 g/mol. The highest BCUT2D eigenvalue weighted by Crippen LogP contribution is 2.37. The molecule has 0 radical (unpaired) electrons. The minimum absolute atomic E-state index is 0.144. The topological polar surface area (TPSA) is 6.48 Å². The van der Waals surface area contributed by atoms with Crippen LogP contribution in [0.1, 0.15) is 52.7 Å². The van der Waals surface area contributed by atoms with Gasteiger partial charge in [-0.2, -0.15) is 0 Å². The van der Waals surface area contributed by atoms with Gasteiger partial charge in [-0.15, -0.1) is 0 Å². The number of anilines is 4. The summed E-state index contributed by atoms with van der Waals surface area (Å²) in [6.45, 7) is 13.5. The normalized spacial score (nSPS) is 12.0. The van der Waals surface area contributed by atoms with Gasteiger partial charge in [0.2, 0.25) is 0 Å². The largest absolute Gasteiger partial charge is 0.378 e. The molecule has 3 aromatic carbocycles. The molecule has 3 rings (SSSR count). The van der Waals surface area contributed by atoms with Crippen molar-refractivity contribution in [3.8, 4) is 0 Å². The predicted molar refractivity (Wildman–Crippen MR) is 133 cm³/mol.